The molecule has 0 atom stereocenters. The van der Waals surface area contributed by atoms with Crippen LogP contribution in [0.25, 0.3) is 0 Å². The molecular weight excluding hydrogens is 197 g/mol. The summed E-state index contributed by atoms with van der Waals surface area (Å²) in [5.74, 6) is 0.789. The second kappa shape index (κ2) is 3.91. The second-order valence-electron chi connectivity index (χ2n) is 3.89. The molecule has 0 spiro atoms. The van der Waals surface area contributed by atoms with Gasteiger partial charge in [0.05, 0.1) is 0 Å². The highest BCUT2D eigenvalue weighted by atomic mass is 32.2. The normalized spacial score (nSPS) is 18.1. The molecule has 0 heterocycles. The zero-order valence-corrected chi connectivity index (χ0v) is 8.82. The Balaban J connectivity index is 1.83. The largest absolute Gasteiger partial charge is 0.325 e. The van der Waals surface area contributed by atoms with Crippen LogP contribution in [0, 0.1) is 5.82 Å². The molecule has 1 aliphatic carbocycles. The molecule has 0 aliphatic heterocycles. The van der Waals surface area contributed by atoms with Gasteiger partial charge in [-0.1, -0.05) is 12.1 Å². The summed E-state index contributed by atoms with van der Waals surface area (Å²) in [6, 6.07) is 6.89. The third-order valence-electron chi connectivity index (χ3n) is 2.59. The van der Waals surface area contributed by atoms with Crippen LogP contribution in [-0.4, -0.2) is 11.3 Å². The van der Waals surface area contributed by atoms with Crippen LogP contribution in [0.1, 0.15) is 19.3 Å². The third-order valence-corrected chi connectivity index (χ3v) is 3.64. The topological polar surface area (TPSA) is 26.0 Å². The summed E-state index contributed by atoms with van der Waals surface area (Å²) in [7, 11) is 0. The number of nitrogens with two attached hydrogens (primary N) is 1. The van der Waals surface area contributed by atoms with Gasteiger partial charge >= 0.3 is 0 Å². The average molecular weight is 211 g/mol. The fourth-order valence-electron chi connectivity index (χ4n) is 1.34. The highest BCUT2D eigenvalue weighted by Gasteiger charge is 2.37. The van der Waals surface area contributed by atoms with Crippen molar-refractivity contribution in [1.82, 2.24) is 0 Å². The number of halogens is 1. The van der Waals surface area contributed by atoms with Gasteiger partial charge in [-0.2, -0.15) is 0 Å². The first-order chi connectivity index (χ1) is 6.70. The first kappa shape index (κ1) is 9.99. The molecule has 2 rings (SSSR count). The highest BCUT2D eigenvalue weighted by Crippen LogP contribution is 2.37. The van der Waals surface area contributed by atoms with Crippen LogP contribution >= 0.6 is 11.8 Å². The maximum atomic E-state index is 13.2. The quantitative estimate of drug-likeness (QED) is 0.775. The Morgan fingerprint density at radius 3 is 2.71 bits per heavy atom. The molecule has 3 heteroatoms. The van der Waals surface area contributed by atoms with E-state index >= 15 is 0 Å². The summed E-state index contributed by atoms with van der Waals surface area (Å²) in [4.78, 5) is 0.733. The summed E-state index contributed by atoms with van der Waals surface area (Å²) in [6.45, 7) is 0. The Bertz CT molecular complexity index is 323. The van der Waals surface area contributed by atoms with Crippen molar-refractivity contribution in [3.8, 4) is 0 Å². The van der Waals surface area contributed by atoms with Gasteiger partial charge in [0.25, 0.3) is 0 Å². The van der Waals surface area contributed by atoms with Crippen LogP contribution in [0.3, 0.4) is 0 Å². The van der Waals surface area contributed by atoms with E-state index in [1.54, 1.807) is 17.8 Å². The van der Waals surface area contributed by atoms with Crippen molar-refractivity contribution in [1.29, 1.82) is 0 Å². The number of rotatable bonds is 4. The minimum atomic E-state index is -0.126. The van der Waals surface area contributed by atoms with Crippen LogP contribution in [0.2, 0.25) is 0 Å². The van der Waals surface area contributed by atoms with E-state index in [1.807, 2.05) is 12.1 Å². The molecule has 1 saturated carbocycles. The van der Waals surface area contributed by atoms with Gasteiger partial charge in [-0.25, -0.2) is 4.39 Å². The van der Waals surface area contributed by atoms with Crippen molar-refractivity contribution in [2.24, 2.45) is 5.73 Å². The monoisotopic (exact) mass is 211 g/mol. The fraction of sp³-hybridized carbons (Fsp3) is 0.455. The molecule has 1 aromatic carbocycles. The van der Waals surface area contributed by atoms with Crippen molar-refractivity contribution in [3.63, 3.8) is 0 Å². The van der Waals surface area contributed by atoms with Crippen LogP contribution in [0.4, 0.5) is 4.39 Å². The lowest BCUT2D eigenvalue weighted by atomic mass is 10.2. The molecule has 14 heavy (non-hydrogen) atoms. The molecule has 0 saturated heterocycles. The second-order valence-corrected chi connectivity index (χ2v) is 5.03. The van der Waals surface area contributed by atoms with E-state index in [-0.39, 0.29) is 11.4 Å². The molecule has 76 valence electrons. The van der Waals surface area contributed by atoms with Gasteiger partial charge in [-0.15, -0.1) is 11.8 Å². The van der Waals surface area contributed by atoms with Crippen LogP contribution < -0.4 is 5.73 Å². The number of thioether (sulfide) groups is 1. The molecule has 1 aliphatic rings. The zero-order valence-electron chi connectivity index (χ0n) is 8.00. The summed E-state index contributed by atoms with van der Waals surface area (Å²) >= 11 is 1.56. The zero-order chi connectivity index (χ0) is 10.0. The standard InChI is InChI=1S/C11H14FNS/c12-9-3-1-2-4-10(9)14-8-7-11(13)5-6-11/h1-4H,5-8,13H2. The lowest BCUT2D eigenvalue weighted by Crippen LogP contribution is -2.22. The van der Waals surface area contributed by atoms with Crippen molar-refractivity contribution >= 4 is 11.8 Å². The minimum Gasteiger partial charge on any atom is -0.325 e. The summed E-state index contributed by atoms with van der Waals surface area (Å²) < 4.78 is 13.2. The van der Waals surface area contributed by atoms with Crippen LogP contribution in [0.15, 0.2) is 29.2 Å². The van der Waals surface area contributed by atoms with Crippen molar-refractivity contribution < 1.29 is 4.39 Å². The Kier molecular flexibility index (Phi) is 2.79. The van der Waals surface area contributed by atoms with E-state index in [0.29, 0.717) is 0 Å². The molecule has 1 nitrogen and oxygen atoms in total. The van der Waals surface area contributed by atoms with Gasteiger partial charge in [-0.3, -0.25) is 0 Å². The van der Waals surface area contributed by atoms with Crippen LogP contribution in [-0.2, 0) is 0 Å². The Morgan fingerprint density at radius 2 is 2.07 bits per heavy atom. The molecule has 0 aromatic heterocycles. The van der Waals surface area contributed by atoms with E-state index in [1.165, 1.54) is 6.07 Å². The molecule has 0 radical (unpaired) electrons. The predicted molar refractivity (Wildman–Crippen MR) is 57.9 cm³/mol. The fourth-order valence-corrected chi connectivity index (χ4v) is 2.45. The molecule has 1 fully saturated rings. The minimum absolute atomic E-state index is 0.0816. The highest BCUT2D eigenvalue weighted by molar-refractivity contribution is 7.99. The Labute approximate surface area is 87.9 Å². The van der Waals surface area contributed by atoms with Crippen molar-refractivity contribution in [3.05, 3.63) is 30.1 Å². The van der Waals surface area contributed by atoms with Gasteiger partial charge in [0.15, 0.2) is 0 Å². The van der Waals surface area contributed by atoms with Crippen molar-refractivity contribution in [2.45, 2.75) is 29.7 Å². The molecule has 1 aromatic rings. The van der Waals surface area contributed by atoms with Gasteiger partial charge in [0.2, 0.25) is 0 Å². The first-order valence-electron chi connectivity index (χ1n) is 4.86. The van der Waals surface area contributed by atoms with E-state index in [9.17, 15) is 4.39 Å². The summed E-state index contributed by atoms with van der Waals surface area (Å²) in [6.07, 6.45) is 3.25. The lowest BCUT2D eigenvalue weighted by Gasteiger charge is -2.07. The number of hydrogen-bond donors (Lipinski definition) is 1. The molecular formula is C11H14FNS. The summed E-state index contributed by atoms with van der Waals surface area (Å²) in [5, 5.41) is 0. The Hall–Kier alpha value is -0.540. The van der Waals surface area contributed by atoms with E-state index in [0.717, 1.165) is 29.9 Å². The smallest absolute Gasteiger partial charge is 0.136 e. The Morgan fingerprint density at radius 1 is 1.36 bits per heavy atom. The maximum absolute atomic E-state index is 13.2. The lowest BCUT2D eigenvalue weighted by molar-refractivity contribution is 0.601. The number of hydrogen-bond acceptors (Lipinski definition) is 2. The van der Waals surface area contributed by atoms with Gasteiger partial charge in [-0.05, 0) is 37.1 Å². The SMILES string of the molecule is NC1(CCSc2ccccc2F)CC1. The molecule has 2 N–H and O–H groups in total. The van der Waals surface area contributed by atoms with Gasteiger partial charge in [0.1, 0.15) is 5.82 Å². The van der Waals surface area contributed by atoms with E-state index in [2.05, 4.69) is 0 Å². The summed E-state index contributed by atoms with van der Waals surface area (Å²) in [5.41, 5.74) is 6.02. The van der Waals surface area contributed by atoms with Crippen molar-refractivity contribution in [2.75, 3.05) is 5.75 Å². The average Bonchev–Trinajstić information content (AvgIpc) is 2.88. The molecule has 0 amide bonds. The van der Waals surface area contributed by atoms with Crippen LogP contribution in [0.5, 0.6) is 0 Å². The van der Waals surface area contributed by atoms with Gasteiger partial charge in [0, 0.05) is 10.4 Å². The molecule has 0 unspecified atom stereocenters. The maximum Gasteiger partial charge on any atom is 0.136 e. The van der Waals surface area contributed by atoms with E-state index in [4.69, 9.17) is 5.73 Å². The van der Waals surface area contributed by atoms with Gasteiger partial charge < -0.3 is 5.73 Å². The first-order valence-corrected chi connectivity index (χ1v) is 5.84. The predicted octanol–water partition coefficient (Wildman–Crippen LogP) is 2.80. The third kappa shape index (κ3) is 2.49. The molecule has 0 bridgehead atoms. The number of benzene rings is 1. The van der Waals surface area contributed by atoms with E-state index < -0.39 is 0 Å².